The van der Waals surface area contributed by atoms with Crippen LogP contribution in [0.1, 0.15) is 55.2 Å². The van der Waals surface area contributed by atoms with E-state index in [4.69, 9.17) is 10.5 Å². The summed E-state index contributed by atoms with van der Waals surface area (Å²) in [7, 11) is 0. The number of hydrogen-bond acceptors (Lipinski definition) is 8. The Bertz CT molecular complexity index is 1670. The number of carbonyl (C=O) groups excluding carboxylic acids is 1. The Balaban J connectivity index is 0.00000207. The van der Waals surface area contributed by atoms with E-state index in [0.29, 0.717) is 33.1 Å². The van der Waals surface area contributed by atoms with Crippen molar-refractivity contribution in [3.63, 3.8) is 0 Å². The molecule has 0 saturated heterocycles. The van der Waals surface area contributed by atoms with Crippen molar-refractivity contribution in [1.29, 1.82) is 0 Å². The van der Waals surface area contributed by atoms with Crippen molar-refractivity contribution in [2.24, 2.45) is 0 Å². The molecule has 1 aliphatic carbocycles. The first-order valence-electron chi connectivity index (χ1n) is 13.8. The van der Waals surface area contributed by atoms with Gasteiger partial charge in [0.25, 0.3) is 0 Å². The van der Waals surface area contributed by atoms with Crippen LogP contribution in [0.4, 0.5) is 20.4 Å². The second-order valence-corrected chi connectivity index (χ2v) is 10.7. The number of anilines is 2. The van der Waals surface area contributed by atoms with E-state index < -0.39 is 6.17 Å². The van der Waals surface area contributed by atoms with E-state index in [1.807, 2.05) is 20.8 Å². The maximum atomic E-state index is 13.5. The van der Waals surface area contributed by atoms with Crippen molar-refractivity contribution in [3.05, 3.63) is 90.1 Å². The van der Waals surface area contributed by atoms with Crippen LogP contribution in [-0.4, -0.2) is 37.0 Å². The first kappa shape index (κ1) is 31.4. The van der Waals surface area contributed by atoms with E-state index >= 15 is 0 Å². The second kappa shape index (κ2) is 14.1. The van der Waals surface area contributed by atoms with Gasteiger partial charge in [-0.15, -0.1) is 0 Å². The van der Waals surface area contributed by atoms with Gasteiger partial charge in [-0.05, 0) is 74.6 Å². The number of nitrogens with zero attached hydrogens (tertiary/aromatic N) is 3. The van der Waals surface area contributed by atoms with Gasteiger partial charge >= 0.3 is 0 Å². The van der Waals surface area contributed by atoms with Crippen LogP contribution in [0, 0.1) is 6.92 Å². The number of halogens is 2. The van der Waals surface area contributed by atoms with Gasteiger partial charge in [0.05, 0.1) is 35.0 Å². The van der Waals surface area contributed by atoms with Gasteiger partial charge in [0.1, 0.15) is 17.7 Å². The molecule has 9 nitrogen and oxygen atoms in total. The van der Waals surface area contributed by atoms with Crippen molar-refractivity contribution >= 4 is 40.1 Å². The zero-order valence-electron chi connectivity index (χ0n) is 24.4. The predicted molar refractivity (Wildman–Crippen MR) is 168 cm³/mol. The lowest BCUT2D eigenvalue weighted by atomic mass is 10.1. The van der Waals surface area contributed by atoms with Gasteiger partial charge in [-0.25, -0.2) is 14.1 Å². The summed E-state index contributed by atoms with van der Waals surface area (Å²) in [5.41, 5.74) is 9.14. The molecule has 1 aliphatic rings. The number of H-pyrrole nitrogens is 1. The lowest BCUT2D eigenvalue weighted by molar-refractivity contribution is -0.00504. The Labute approximate surface area is 252 Å². The van der Waals surface area contributed by atoms with Gasteiger partial charge in [0.15, 0.2) is 5.75 Å². The summed E-state index contributed by atoms with van der Waals surface area (Å²) < 4.78 is 37.0. The molecule has 0 radical (unpaired) electrons. The van der Waals surface area contributed by atoms with Crippen LogP contribution < -0.4 is 20.1 Å². The largest absolute Gasteiger partial charge is 0.439 e. The molecule has 0 aliphatic heterocycles. The number of allylic oxidation sites excluding steroid dienone is 4. The molecule has 1 aromatic carbocycles. The number of fused-ring (bicyclic) bond motifs is 1. The molecule has 12 heteroatoms. The quantitative estimate of drug-likeness (QED) is 0.0646. The third kappa shape index (κ3) is 7.44. The molecule has 3 heterocycles. The zero-order chi connectivity index (χ0) is 31.1. The predicted octanol–water partition coefficient (Wildman–Crippen LogP) is 7.75. The standard InChI is InChI=1S/C29H28F2N6O3S.C2H6/c1-4-5-6-19(10-17(3)30)39-27-9-16(2)25(15-33-27)37-29(32)21(14-34-37)28(38)24-11-18-12-26(40-31)23(13-22(18)35-24)36-41-20-7-8-20;1-2/h4-6,9-15,17,20,35-36H,1,7-8,32H2,2-3H3;1-2H3/b6-5-,19-10+;. The van der Waals surface area contributed by atoms with Crippen LogP contribution in [-0.2, 0) is 0 Å². The van der Waals surface area contributed by atoms with Crippen LogP contribution in [0.25, 0.3) is 16.6 Å². The Kier molecular flexibility index (Phi) is 10.3. The van der Waals surface area contributed by atoms with E-state index in [9.17, 15) is 13.7 Å². The molecule has 0 amide bonds. The van der Waals surface area contributed by atoms with E-state index in [-0.39, 0.29) is 40.2 Å². The highest BCUT2D eigenvalue weighted by molar-refractivity contribution is 8.01. The fourth-order valence-corrected chi connectivity index (χ4v) is 4.89. The molecule has 43 heavy (non-hydrogen) atoms. The summed E-state index contributed by atoms with van der Waals surface area (Å²) in [6.45, 7) is 10.8. The van der Waals surface area contributed by atoms with Crippen molar-refractivity contribution in [2.75, 3.05) is 10.5 Å². The highest BCUT2D eigenvalue weighted by atomic mass is 32.2. The minimum atomic E-state index is -1.22. The average Bonchev–Trinajstić information content (AvgIpc) is 3.62. The van der Waals surface area contributed by atoms with Gasteiger partial charge in [-0.2, -0.15) is 5.10 Å². The van der Waals surface area contributed by atoms with Gasteiger partial charge < -0.3 is 20.2 Å². The number of pyridine rings is 1. The lowest BCUT2D eigenvalue weighted by Gasteiger charge is -2.11. The number of nitrogens with two attached hydrogens (primary N) is 1. The van der Waals surface area contributed by atoms with Crippen molar-refractivity contribution in [1.82, 2.24) is 19.7 Å². The monoisotopic (exact) mass is 608 g/mol. The third-order valence-electron chi connectivity index (χ3n) is 6.26. The van der Waals surface area contributed by atoms with Crippen LogP contribution >= 0.6 is 11.9 Å². The Morgan fingerprint density at radius 1 is 1.28 bits per heavy atom. The highest BCUT2D eigenvalue weighted by Gasteiger charge is 2.24. The number of ether oxygens (including phenoxy) is 1. The molecule has 0 spiro atoms. The van der Waals surface area contributed by atoms with Gasteiger partial charge in [-0.1, -0.05) is 32.6 Å². The maximum absolute atomic E-state index is 13.5. The van der Waals surface area contributed by atoms with E-state index in [2.05, 4.69) is 31.3 Å². The first-order chi connectivity index (χ1) is 20.8. The van der Waals surface area contributed by atoms with Gasteiger partial charge in [0.2, 0.25) is 11.7 Å². The fourth-order valence-electron chi connectivity index (χ4n) is 4.06. The summed E-state index contributed by atoms with van der Waals surface area (Å²) >= 11 is 1.51. The van der Waals surface area contributed by atoms with Crippen molar-refractivity contribution in [3.8, 4) is 17.3 Å². The summed E-state index contributed by atoms with van der Waals surface area (Å²) in [6, 6.07) is 6.49. The lowest BCUT2D eigenvalue weighted by Crippen LogP contribution is -2.09. The number of aromatic nitrogens is 4. The molecule has 1 fully saturated rings. The minimum absolute atomic E-state index is 0.0323. The zero-order valence-corrected chi connectivity index (χ0v) is 25.2. The molecule has 4 N–H and O–H groups in total. The molecule has 226 valence electrons. The summed E-state index contributed by atoms with van der Waals surface area (Å²) in [5.74, 6) is 0.283. The van der Waals surface area contributed by atoms with E-state index in [1.165, 1.54) is 48.1 Å². The second-order valence-electron chi connectivity index (χ2n) is 9.55. The van der Waals surface area contributed by atoms with Crippen molar-refractivity contribution in [2.45, 2.75) is 52.0 Å². The number of carbonyl (C=O) groups is 1. The van der Waals surface area contributed by atoms with Crippen LogP contribution in [0.5, 0.6) is 11.6 Å². The molecule has 5 rings (SSSR count). The third-order valence-corrected chi connectivity index (χ3v) is 7.40. The number of ketones is 1. The number of aromatic amines is 1. The molecular weight excluding hydrogens is 574 g/mol. The summed E-state index contributed by atoms with van der Waals surface area (Å²) in [6.07, 6.45) is 9.96. The normalized spacial score (nSPS) is 13.9. The van der Waals surface area contributed by atoms with E-state index in [1.54, 1.807) is 36.4 Å². The Morgan fingerprint density at radius 3 is 2.70 bits per heavy atom. The number of rotatable bonds is 12. The minimum Gasteiger partial charge on any atom is -0.439 e. The molecule has 3 aromatic heterocycles. The van der Waals surface area contributed by atoms with Crippen LogP contribution in [0.3, 0.4) is 0 Å². The number of nitrogens with one attached hydrogen (secondary N) is 2. The fraction of sp³-hybridized carbons (Fsp3) is 0.258. The number of hydrogen-bond donors (Lipinski definition) is 3. The summed E-state index contributed by atoms with van der Waals surface area (Å²) in [4.78, 5) is 24.9. The maximum Gasteiger partial charge on any atom is 0.219 e. The number of nitrogen functional groups attached to an aromatic ring is 1. The van der Waals surface area contributed by atoms with Gasteiger partial charge in [-0.3, -0.25) is 9.74 Å². The Morgan fingerprint density at radius 2 is 2.05 bits per heavy atom. The molecule has 0 bridgehead atoms. The topological polar surface area (TPSA) is 120 Å². The molecule has 1 saturated carbocycles. The Hall–Kier alpha value is -4.58. The SMILES string of the molecule is C=C/C=C\C(=C/C(C)F)Oc1cc(C)c(-n2ncc(C(=O)c3cc4cc(OF)c(NSC5CC5)cc4[nH]3)c2N)cn1.CC. The molecular formula is C31H34F2N6O3S. The molecule has 1 unspecified atom stereocenters. The smallest absolute Gasteiger partial charge is 0.219 e. The van der Waals surface area contributed by atoms with E-state index in [0.717, 1.165) is 12.8 Å². The summed E-state index contributed by atoms with van der Waals surface area (Å²) in [5, 5.41) is 5.42. The number of benzene rings is 1. The van der Waals surface area contributed by atoms with Gasteiger partial charge in [0, 0.05) is 26.7 Å². The average molecular weight is 609 g/mol. The number of alkyl halides is 1. The highest BCUT2D eigenvalue weighted by Crippen LogP contribution is 2.39. The molecule has 4 aromatic rings. The van der Waals surface area contributed by atoms with Crippen LogP contribution in [0.15, 0.2) is 73.3 Å². The molecule has 1 atom stereocenters. The number of aryl methyl sites for hydroxylation is 1. The first-order valence-corrected chi connectivity index (χ1v) is 14.7. The van der Waals surface area contributed by atoms with Crippen LogP contribution in [0.2, 0.25) is 0 Å². The van der Waals surface area contributed by atoms with Crippen molar-refractivity contribution < 1.29 is 23.4 Å².